The molecular formula is C10H11ClN2OS. The van der Waals surface area contributed by atoms with Crippen LogP contribution in [0.25, 0.3) is 0 Å². The van der Waals surface area contributed by atoms with Gasteiger partial charge in [-0.15, -0.1) is 0 Å². The molecule has 1 aromatic carbocycles. The van der Waals surface area contributed by atoms with E-state index in [9.17, 15) is 4.79 Å². The summed E-state index contributed by atoms with van der Waals surface area (Å²) in [6.45, 7) is 0.605. The van der Waals surface area contributed by atoms with Crippen molar-refractivity contribution in [3.05, 3.63) is 23.2 Å². The lowest BCUT2D eigenvalue weighted by Crippen LogP contribution is -2.25. The summed E-state index contributed by atoms with van der Waals surface area (Å²) < 4.78 is 0. The first kappa shape index (κ1) is 10.6. The van der Waals surface area contributed by atoms with Gasteiger partial charge in [0.15, 0.2) is 0 Å². The normalized spacial score (nSPS) is 21.1. The minimum atomic E-state index is 0.0593. The summed E-state index contributed by atoms with van der Waals surface area (Å²) in [5, 5.41) is 0.665. The number of anilines is 2. The van der Waals surface area contributed by atoms with Gasteiger partial charge >= 0.3 is 0 Å². The Kier molecular flexibility index (Phi) is 2.80. The average Bonchev–Trinajstić information content (AvgIpc) is 2.45. The van der Waals surface area contributed by atoms with E-state index in [0.29, 0.717) is 23.7 Å². The van der Waals surface area contributed by atoms with E-state index >= 15 is 0 Å². The van der Waals surface area contributed by atoms with Crippen LogP contribution in [0.15, 0.2) is 18.2 Å². The number of halogens is 1. The molecule has 80 valence electrons. The second-order valence-electron chi connectivity index (χ2n) is 3.57. The number of hydrogen-bond donors (Lipinski definition) is 2. The Morgan fingerprint density at radius 3 is 2.80 bits per heavy atom. The van der Waals surface area contributed by atoms with Gasteiger partial charge in [0.25, 0.3) is 0 Å². The van der Waals surface area contributed by atoms with E-state index in [4.69, 9.17) is 17.3 Å². The van der Waals surface area contributed by atoms with E-state index in [1.807, 2.05) is 0 Å². The number of carbonyl (C=O) groups excluding carboxylic acids is 1. The van der Waals surface area contributed by atoms with Gasteiger partial charge in [0.2, 0.25) is 5.91 Å². The number of thiol groups is 1. The molecule has 1 heterocycles. The SMILES string of the molecule is Nc1cc(Cl)ccc1N1CC(S)CC1=O. The highest BCUT2D eigenvalue weighted by molar-refractivity contribution is 7.81. The summed E-state index contributed by atoms with van der Waals surface area (Å²) in [6.07, 6.45) is 0.463. The van der Waals surface area contributed by atoms with Gasteiger partial charge in [-0.25, -0.2) is 0 Å². The molecule has 1 amide bonds. The number of rotatable bonds is 1. The van der Waals surface area contributed by atoms with E-state index in [0.717, 1.165) is 5.69 Å². The Hall–Kier alpha value is -0.870. The van der Waals surface area contributed by atoms with Crippen molar-refractivity contribution in [2.45, 2.75) is 11.7 Å². The average molecular weight is 243 g/mol. The van der Waals surface area contributed by atoms with Crippen LogP contribution in [0, 0.1) is 0 Å². The fourth-order valence-electron chi connectivity index (χ4n) is 1.69. The van der Waals surface area contributed by atoms with Gasteiger partial charge in [0, 0.05) is 23.2 Å². The second kappa shape index (κ2) is 3.94. The highest BCUT2D eigenvalue weighted by Gasteiger charge is 2.29. The summed E-state index contributed by atoms with van der Waals surface area (Å²) in [5.74, 6) is 0.0593. The lowest BCUT2D eigenvalue weighted by Gasteiger charge is -2.18. The molecule has 0 bridgehead atoms. The van der Waals surface area contributed by atoms with E-state index in [-0.39, 0.29) is 11.2 Å². The molecule has 3 nitrogen and oxygen atoms in total. The summed E-state index contributed by atoms with van der Waals surface area (Å²) in [7, 11) is 0. The lowest BCUT2D eigenvalue weighted by atomic mass is 10.2. The second-order valence-corrected chi connectivity index (χ2v) is 4.73. The largest absolute Gasteiger partial charge is 0.397 e. The van der Waals surface area contributed by atoms with Crippen LogP contribution >= 0.6 is 24.2 Å². The highest BCUT2D eigenvalue weighted by Crippen LogP contribution is 2.30. The van der Waals surface area contributed by atoms with Crippen molar-refractivity contribution < 1.29 is 4.79 Å². The maximum absolute atomic E-state index is 11.6. The molecule has 2 N–H and O–H groups in total. The molecule has 5 heteroatoms. The molecule has 1 aliphatic heterocycles. The van der Waals surface area contributed by atoms with Crippen molar-refractivity contribution in [2.24, 2.45) is 0 Å². The predicted octanol–water partition coefficient (Wildman–Crippen LogP) is 1.96. The quantitative estimate of drug-likeness (QED) is 0.584. The van der Waals surface area contributed by atoms with Gasteiger partial charge in [-0.3, -0.25) is 4.79 Å². The fraction of sp³-hybridized carbons (Fsp3) is 0.300. The molecule has 1 atom stereocenters. The van der Waals surface area contributed by atoms with Gasteiger partial charge in [0.05, 0.1) is 11.4 Å². The Balaban J connectivity index is 2.34. The van der Waals surface area contributed by atoms with Gasteiger partial charge in [0.1, 0.15) is 0 Å². The Labute approximate surface area is 98.6 Å². The molecule has 0 spiro atoms. The Morgan fingerprint density at radius 2 is 2.27 bits per heavy atom. The number of hydrogen-bond acceptors (Lipinski definition) is 3. The van der Waals surface area contributed by atoms with Crippen molar-refractivity contribution in [3.63, 3.8) is 0 Å². The number of nitrogen functional groups attached to an aromatic ring is 1. The summed E-state index contributed by atoms with van der Waals surface area (Å²) in [4.78, 5) is 13.3. The predicted molar refractivity (Wildman–Crippen MR) is 65.6 cm³/mol. The molecule has 0 aromatic heterocycles. The molecular weight excluding hydrogens is 232 g/mol. The van der Waals surface area contributed by atoms with Gasteiger partial charge in [-0.1, -0.05) is 11.6 Å². The molecule has 1 aromatic rings. The van der Waals surface area contributed by atoms with Crippen LogP contribution in [0.2, 0.25) is 5.02 Å². The maximum Gasteiger partial charge on any atom is 0.228 e. The monoisotopic (exact) mass is 242 g/mol. The number of carbonyl (C=O) groups is 1. The zero-order valence-corrected chi connectivity index (χ0v) is 9.63. The van der Waals surface area contributed by atoms with E-state index in [1.165, 1.54) is 0 Å². The van der Waals surface area contributed by atoms with Crippen molar-refractivity contribution in [1.29, 1.82) is 0 Å². The number of amides is 1. The Bertz CT molecular complexity index is 410. The van der Waals surface area contributed by atoms with Crippen LogP contribution in [0.1, 0.15) is 6.42 Å². The van der Waals surface area contributed by atoms with E-state index in [2.05, 4.69) is 12.6 Å². The molecule has 0 aliphatic carbocycles. The molecule has 1 aliphatic rings. The maximum atomic E-state index is 11.6. The van der Waals surface area contributed by atoms with Crippen molar-refractivity contribution in [1.82, 2.24) is 0 Å². The van der Waals surface area contributed by atoms with Crippen molar-refractivity contribution >= 4 is 41.5 Å². The van der Waals surface area contributed by atoms with Gasteiger partial charge in [-0.05, 0) is 18.2 Å². The van der Waals surface area contributed by atoms with Crippen LogP contribution in [0.3, 0.4) is 0 Å². The minimum absolute atomic E-state index is 0.0593. The standard InChI is InChI=1S/C10H11ClN2OS/c11-6-1-2-9(8(12)3-6)13-5-7(15)4-10(13)14/h1-3,7,15H,4-5,12H2. The summed E-state index contributed by atoms with van der Waals surface area (Å²) >= 11 is 10.1. The topological polar surface area (TPSA) is 46.3 Å². The Morgan fingerprint density at radius 1 is 1.53 bits per heavy atom. The van der Waals surface area contributed by atoms with Crippen LogP contribution < -0.4 is 10.6 Å². The minimum Gasteiger partial charge on any atom is -0.397 e. The number of benzene rings is 1. The number of nitrogens with zero attached hydrogens (tertiary/aromatic N) is 1. The van der Waals surface area contributed by atoms with Crippen LogP contribution in [0.5, 0.6) is 0 Å². The third-order valence-corrected chi connectivity index (χ3v) is 2.97. The summed E-state index contributed by atoms with van der Waals surface area (Å²) in [6, 6.07) is 5.14. The van der Waals surface area contributed by atoms with E-state index in [1.54, 1.807) is 23.1 Å². The molecule has 1 unspecified atom stereocenters. The molecule has 2 rings (SSSR count). The first-order valence-electron chi connectivity index (χ1n) is 4.61. The molecule has 1 saturated heterocycles. The van der Waals surface area contributed by atoms with E-state index < -0.39 is 0 Å². The molecule has 1 fully saturated rings. The molecule has 0 radical (unpaired) electrons. The third kappa shape index (κ3) is 2.06. The van der Waals surface area contributed by atoms with Crippen LogP contribution in [0.4, 0.5) is 11.4 Å². The molecule has 0 saturated carbocycles. The van der Waals surface area contributed by atoms with Crippen LogP contribution in [-0.2, 0) is 4.79 Å². The van der Waals surface area contributed by atoms with Gasteiger partial charge < -0.3 is 10.6 Å². The molecule has 15 heavy (non-hydrogen) atoms. The van der Waals surface area contributed by atoms with Crippen molar-refractivity contribution in [2.75, 3.05) is 17.2 Å². The zero-order chi connectivity index (χ0) is 11.0. The third-order valence-electron chi connectivity index (χ3n) is 2.38. The highest BCUT2D eigenvalue weighted by atomic mass is 35.5. The number of nitrogens with two attached hydrogens (primary N) is 1. The van der Waals surface area contributed by atoms with Crippen molar-refractivity contribution in [3.8, 4) is 0 Å². The zero-order valence-electron chi connectivity index (χ0n) is 7.98. The first-order chi connectivity index (χ1) is 7.08. The van der Waals surface area contributed by atoms with Gasteiger partial charge in [-0.2, -0.15) is 12.6 Å². The lowest BCUT2D eigenvalue weighted by molar-refractivity contribution is -0.117. The first-order valence-corrected chi connectivity index (χ1v) is 5.51. The smallest absolute Gasteiger partial charge is 0.228 e. The summed E-state index contributed by atoms with van der Waals surface area (Å²) in [5.41, 5.74) is 7.05. The van der Waals surface area contributed by atoms with Crippen LogP contribution in [-0.4, -0.2) is 17.7 Å². The fourth-order valence-corrected chi connectivity index (χ4v) is 2.19.